The molecule has 42 heavy (non-hydrogen) atoms. The first-order chi connectivity index (χ1) is 19.8. The van der Waals surface area contributed by atoms with Crippen molar-refractivity contribution in [1.82, 2.24) is 10.6 Å². The van der Waals surface area contributed by atoms with E-state index < -0.39 is 24.1 Å². The van der Waals surface area contributed by atoms with Crippen molar-refractivity contribution in [2.24, 2.45) is 0 Å². The van der Waals surface area contributed by atoms with Gasteiger partial charge in [-0.2, -0.15) is 0 Å². The Labute approximate surface area is 252 Å². The molecule has 0 aliphatic carbocycles. The van der Waals surface area contributed by atoms with E-state index in [2.05, 4.69) is 38.3 Å². The molecule has 0 spiro atoms. The third-order valence-electron chi connectivity index (χ3n) is 6.65. The Morgan fingerprint density at radius 3 is 1.29 bits per heavy atom. The Morgan fingerprint density at radius 1 is 0.619 bits per heavy atom. The Kier molecular flexibility index (Phi) is 14.3. The largest absolute Gasteiger partial charge is 0.489 e. The predicted octanol–water partition coefficient (Wildman–Crippen LogP) is 5.83. The van der Waals surface area contributed by atoms with Crippen LogP contribution in [0.2, 0.25) is 0 Å². The molecule has 8 nitrogen and oxygen atoms in total. The van der Waals surface area contributed by atoms with Crippen molar-refractivity contribution in [2.75, 3.05) is 26.3 Å². The van der Waals surface area contributed by atoms with Crippen molar-refractivity contribution < 1.29 is 28.5 Å². The zero-order valence-corrected chi connectivity index (χ0v) is 27.2. The molecule has 0 saturated heterocycles. The van der Waals surface area contributed by atoms with Crippen LogP contribution in [-0.4, -0.2) is 62.5 Å². The second-order valence-corrected chi connectivity index (χ2v) is 12.2. The first kappa shape index (κ1) is 35.1. The zero-order valence-electron chi connectivity index (χ0n) is 27.2. The van der Waals surface area contributed by atoms with Crippen LogP contribution in [0.5, 0.6) is 11.5 Å². The summed E-state index contributed by atoms with van der Waals surface area (Å²) in [6, 6.07) is 12.5. The number of nitrogens with one attached hydrogen (secondary N) is 2. The molecule has 0 saturated carbocycles. The van der Waals surface area contributed by atoms with Gasteiger partial charge in [-0.3, -0.25) is 0 Å². The minimum atomic E-state index is -1.06. The van der Waals surface area contributed by atoms with E-state index in [4.69, 9.17) is 18.9 Å². The minimum absolute atomic E-state index is 0.0920. The number of carbonyl (C=O) groups is 2. The Morgan fingerprint density at radius 2 is 0.976 bits per heavy atom. The van der Waals surface area contributed by atoms with Gasteiger partial charge in [0.1, 0.15) is 36.9 Å². The fraction of sp³-hybridized carbons (Fsp3) is 0.588. The van der Waals surface area contributed by atoms with Crippen LogP contribution in [0.4, 0.5) is 0 Å². The molecular weight excluding hydrogens is 532 g/mol. The monoisotopic (exact) mass is 584 g/mol. The van der Waals surface area contributed by atoms with E-state index in [1.807, 2.05) is 77.9 Å². The summed E-state index contributed by atoms with van der Waals surface area (Å²) in [5.41, 5.74) is 4.27. The molecule has 2 rings (SSSR count). The Bertz CT molecular complexity index is 1060. The molecule has 0 radical (unpaired) electrons. The van der Waals surface area contributed by atoms with Crippen molar-refractivity contribution in [1.29, 1.82) is 0 Å². The van der Waals surface area contributed by atoms with Crippen LogP contribution in [0.15, 0.2) is 36.4 Å². The topological polar surface area (TPSA) is 95.1 Å². The molecule has 234 valence electrons. The maximum Gasteiger partial charge on any atom is 0.417 e. The predicted molar refractivity (Wildman–Crippen MR) is 168 cm³/mol. The number of carbonyl (C=O) groups excluding carboxylic acids is 2. The summed E-state index contributed by atoms with van der Waals surface area (Å²) in [6.07, 6.45) is -1.39. The van der Waals surface area contributed by atoms with Gasteiger partial charge in [-0.25, -0.2) is 9.59 Å². The van der Waals surface area contributed by atoms with Crippen LogP contribution in [0.1, 0.15) is 89.5 Å². The van der Waals surface area contributed by atoms with Gasteiger partial charge in [-0.05, 0) is 60.1 Å². The van der Waals surface area contributed by atoms with E-state index in [1.54, 1.807) is 0 Å². The number of benzene rings is 2. The van der Waals surface area contributed by atoms with Crippen LogP contribution in [0.25, 0.3) is 0 Å². The summed E-state index contributed by atoms with van der Waals surface area (Å²) in [6.45, 7) is 21.2. The van der Waals surface area contributed by atoms with Crippen LogP contribution >= 0.6 is 0 Å². The fourth-order valence-corrected chi connectivity index (χ4v) is 4.26. The first-order valence-corrected chi connectivity index (χ1v) is 15.1. The molecule has 0 fully saturated rings. The zero-order chi connectivity index (χ0) is 31.4. The summed E-state index contributed by atoms with van der Waals surface area (Å²) < 4.78 is 23.5. The second-order valence-electron chi connectivity index (χ2n) is 12.2. The van der Waals surface area contributed by atoms with Gasteiger partial charge in [0, 0.05) is 25.2 Å². The highest BCUT2D eigenvalue weighted by Gasteiger charge is 2.27. The normalized spacial score (nSPS) is 13.0. The molecule has 2 N–H and O–H groups in total. The summed E-state index contributed by atoms with van der Waals surface area (Å²) >= 11 is 0. The number of ether oxygens (including phenoxy) is 4. The first-order valence-electron chi connectivity index (χ1n) is 15.1. The number of rotatable bonds is 16. The van der Waals surface area contributed by atoms with E-state index in [1.165, 1.54) is 0 Å². The second kappa shape index (κ2) is 17.1. The maximum atomic E-state index is 12.9. The average Bonchev–Trinajstić information content (AvgIpc) is 2.90. The number of esters is 2. The van der Waals surface area contributed by atoms with Crippen molar-refractivity contribution >= 4 is 11.9 Å². The van der Waals surface area contributed by atoms with E-state index in [0.717, 1.165) is 33.8 Å². The van der Waals surface area contributed by atoms with Gasteiger partial charge >= 0.3 is 11.9 Å². The highest BCUT2D eigenvalue weighted by Crippen LogP contribution is 2.29. The molecule has 0 bridgehead atoms. The van der Waals surface area contributed by atoms with Gasteiger partial charge in [0.2, 0.25) is 0 Å². The lowest BCUT2D eigenvalue weighted by Gasteiger charge is -2.23. The van der Waals surface area contributed by atoms with Gasteiger partial charge < -0.3 is 29.6 Å². The minimum Gasteiger partial charge on any atom is -0.489 e. The third kappa shape index (κ3) is 12.0. The molecule has 0 aromatic heterocycles. The van der Waals surface area contributed by atoms with Gasteiger partial charge in [0.15, 0.2) is 0 Å². The van der Waals surface area contributed by atoms with Gasteiger partial charge in [-0.15, -0.1) is 0 Å². The molecule has 0 amide bonds. The number of hydrogen-bond donors (Lipinski definition) is 2. The van der Waals surface area contributed by atoms with Crippen molar-refractivity contribution in [2.45, 2.75) is 105 Å². The summed E-state index contributed by atoms with van der Waals surface area (Å²) in [5, 5.41) is 6.53. The number of hydrogen-bond acceptors (Lipinski definition) is 8. The highest BCUT2D eigenvalue weighted by molar-refractivity contribution is 6.29. The Hall–Kier alpha value is -3.10. The lowest BCUT2D eigenvalue weighted by Crippen LogP contribution is -2.42. The highest BCUT2D eigenvalue weighted by atomic mass is 16.6. The lowest BCUT2D eigenvalue weighted by atomic mass is 10.0. The van der Waals surface area contributed by atoms with Crippen molar-refractivity contribution in [3.63, 3.8) is 0 Å². The molecule has 2 aromatic carbocycles. The Balaban J connectivity index is 2.11. The molecule has 0 heterocycles. The molecule has 2 atom stereocenters. The van der Waals surface area contributed by atoms with Crippen LogP contribution in [0, 0.1) is 13.8 Å². The molecule has 0 aliphatic rings. The molecule has 8 heteroatoms. The van der Waals surface area contributed by atoms with E-state index in [0.29, 0.717) is 13.1 Å². The van der Waals surface area contributed by atoms with Crippen LogP contribution < -0.4 is 20.1 Å². The van der Waals surface area contributed by atoms with E-state index in [-0.39, 0.29) is 37.1 Å². The molecule has 2 aromatic rings. The van der Waals surface area contributed by atoms with Crippen LogP contribution in [0.3, 0.4) is 0 Å². The lowest BCUT2D eigenvalue weighted by molar-refractivity contribution is -0.175. The maximum absolute atomic E-state index is 12.9. The van der Waals surface area contributed by atoms with Crippen LogP contribution in [-0.2, 0) is 19.1 Å². The molecular formula is C34H52N2O6. The molecule has 2 unspecified atom stereocenters. The standard InChI is InChI=1S/C34H52N2O6/c1-21(2)29-13-11-25(9)15-31(29)39-19-27(17-35-23(5)6)41-33(37)34(38)42-28(18-36-24(7)8)20-40-32-16-26(10)12-14-30(32)22(3)4/h11-16,21-24,27-28,35-36H,17-20H2,1-10H3. The van der Waals surface area contributed by atoms with Gasteiger partial charge in [-0.1, -0.05) is 79.7 Å². The van der Waals surface area contributed by atoms with Crippen molar-refractivity contribution in [3.8, 4) is 11.5 Å². The summed E-state index contributed by atoms with van der Waals surface area (Å²) in [4.78, 5) is 25.9. The smallest absolute Gasteiger partial charge is 0.417 e. The summed E-state index contributed by atoms with van der Waals surface area (Å²) in [7, 11) is 0. The van der Waals surface area contributed by atoms with Gasteiger partial charge in [0.05, 0.1) is 0 Å². The van der Waals surface area contributed by atoms with E-state index in [9.17, 15) is 9.59 Å². The number of aryl methyl sites for hydroxylation is 2. The van der Waals surface area contributed by atoms with E-state index >= 15 is 0 Å². The molecule has 0 aliphatic heterocycles. The quantitative estimate of drug-likeness (QED) is 0.188. The third-order valence-corrected chi connectivity index (χ3v) is 6.65. The fourth-order valence-electron chi connectivity index (χ4n) is 4.26. The summed E-state index contributed by atoms with van der Waals surface area (Å²) in [5.74, 6) is -0.106. The van der Waals surface area contributed by atoms with Crippen molar-refractivity contribution in [3.05, 3.63) is 58.7 Å². The average molecular weight is 585 g/mol. The SMILES string of the molecule is Cc1ccc(C(C)C)c(OCC(CNC(C)C)OC(=O)C(=O)OC(CNC(C)C)COc2cc(C)ccc2C(C)C)c1. The van der Waals surface area contributed by atoms with Gasteiger partial charge in [0.25, 0.3) is 0 Å².